The van der Waals surface area contributed by atoms with E-state index in [1.54, 1.807) is 0 Å². The Balaban J connectivity index is 1.94. The van der Waals surface area contributed by atoms with Crippen molar-refractivity contribution in [2.75, 3.05) is 6.54 Å². The molecular formula is C18H23NOS. The molecule has 0 spiro atoms. The Hall–Kier alpha value is -1.32. The number of ether oxygens (including phenoxy) is 1. The minimum atomic E-state index is 0.297. The first kappa shape index (κ1) is 14.6. The van der Waals surface area contributed by atoms with E-state index in [2.05, 4.69) is 55.7 Å². The molecule has 0 bridgehead atoms. The predicted molar refractivity (Wildman–Crippen MR) is 89.4 cm³/mol. The highest BCUT2D eigenvalue weighted by Crippen LogP contribution is 2.35. The maximum Gasteiger partial charge on any atom is 0.123 e. The zero-order chi connectivity index (χ0) is 14.8. The Kier molecular flexibility index (Phi) is 4.32. The van der Waals surface area contributed by atoms with Gasteiger partial charge in [0.25, 0.3) is 0 Å². The minimum Gasteiger partial charge on any atom is -0.490 e. The van der Waals surface area contributed by atoms with Gasteiger partial charge < -0.3 is 10.1 Å². The molecule has 0 amide bonds. The fraction of sp³-hybridized carbons (Fsp3) is 0.444. The fourth-order valence-corrected chi connectivity index (χ4v) is 3.98. The van der Waals surface area contributed by atoms with E-state index < -0.39 is 0 Å². The van der Waals surface area contributed by atoms with Crippen LogP contribution in [-0.2, 0) is 6.42 Å². The van der Waals surface area contributed by atoms with Gasteiger partial charge in [-0.15, -0.1) is 11.3 Å². The van der Waals surface area contributed by atoms with Crippen molar-refractivity contribution >= 4 is 11.3 Å². The van der Waals surface area contributed by atoms with Crippen molar-refractivity contribution in [1.29, 1.82) is 0 Å². The summed E-state index contributed by atoms with van der Waals surface area (Å²) in [4.78, 5) is 1.43. The monoisotopic (exact) mass is 301 g/mol. The Morgan fingerprint density at radius 3 is 2.95 bits per heavy atom. The maximum atomic E-state index is 5.82. The molecule has 1 N–H and O–H groups in total. The van der Waals surface area contributed by atoms with Crippen molar-refractivity contribution in [3.8, 4) is 5.75 Å². The molecule has 0 fully saturated rings. The van der Waals surface area contributed by atoms with Gasteiger partial charge in [0.2, 0.25) is 0 Å². The van der Waals surface area contributed by atoms with Gasteiger partial charge in [0, 0.05) is 11.3 Å². The summed E-state index contributed by atoms with van der Waals surface area (Å²) in [7, 11) is 0. The Morgan fingerprint density at radius 2 is 2.24 bits per heavy atom. The third kappa shape index (κ3) is 2.99. The average Bonchev–Trinajstić information content (AvgIpc) is 3.04. The van der Waals surface area contributed by atoms with Gasteiger partial charge in [-0.1, -0.05) is 19.1 Å². The zero-order valence-corrected chi connectivity index (χ0v) is 13.8. The lowest BCUT2D eigenvalue weighted by atomic mass is 9.99. The molecule has 2 atom stereocenters. The van der Waals surface area contributed by atoms with Gasteiger partial charge in [0.05, 0.1) is 6.04 Å². The third-order valence-electron chi connectivity index (χ3n) is 4.02. The first-order valence-corrected chi connectivity index (χ1v) is 8.64. The van der Waals surface area contributed by atoms with Crippen LogP contribution in [0.5, 0.6) is 5.75 Å². The first-order valence-electron chi connectivity index (χ1n) is 7.76. The normalized spacial score (nSPS) is 18.3. The molecule has 2 aromatic rings. The second-order valence-corrected chi connectivity index (χ2v) is 6.80. The van der Waals surface area contributed by atoms with E-state index in [4.69, 9.17) is 4.74 Å². The average molecular weight is 301 g/mol. The molecule has 1 aliphatic heterocycles. The quantitative estimate of drug-likeness (QED) is 0.880. The van der Waals surface area contributed by atoms with Crippen LogP contribution in [-0.4, -0.2) is 12.6 Å². The Labute approximate surface area is 131 Å². The van der Waals surface area contributed by atoms with Crippen LogP contribution in [0.1, 0.15) is 47.9 Å². The molecule has 0 radical (unpaired) electrons. The second-order valence-electron chi connectivity index (χ2n) is 5.85. The molecular weight excluding hydrogens is 278 g/mol. The summed E-state index contributed by atoms with van der Waals surface area (Å²) in [5, 5.41) is 5.89. The number of aryl methyl sites for hydroxylation is 1. The molecule has 21 heavy (non-hydrogen) atoms. The van der Waals surface area contributed by atoms with Gasteiger partial charge in [-0.05, 0) is 61.0 Å². The molecule has 0 aliphatic carbocycles. The van der Waals surface area contributed by atoms with Crippen LogP contribution < -0.4 is 10.1 Å². The molecule has 3 rings (SSSR count). The molecule has 2 unspecified atom stereocenters. The lowest BCUT2D eigenvalue weighted by Gasteiger charge is -2.19. The van der Waals surface area contributed by atoms with E-state index in [0.29, 0.717) is 12.1 Å². The SMILES string of the molecule is CCCNC(c1ccc2c(c1)CC(C)O2)c1sccc1C. The van der Waals surface area contributed by atoms with E-state index in [9.17, 15) is 0 Å². The second kappa shape index (κ2) is 6.20. The lowest BCUT2D eigenvalue weighted by molar-refractivity contribution is 0.254. The fourth-order valence-electron chi connectivity index (χ4n) is 2.95. The van der Waals surface area contributed by atoms with Crippen molar-refractivity contribution in [3.63, 3.8) is 0 Å². The summed E-state index contributed by atoms with van der Waals surface area (Å²) < 4.78 is 5.82. The highest BCUT2D eigenvalue weighted by atomic mass is 32.1. The molecule has 0 saturated heterocycles. The van der Waals surface area contributed by atoms with Crippen LogP contribution in [0, 0.1) is 6.92 Å². The van der Waals surface area contributed by atoms with Crippen LogP contribution in [0.4, 0.5) is 0 Å². The van der Waals surface area contributed by atoms with Crippen LogP contribution in [0.15, 0.2) is 29.6 Å². The summed E-state index contributed by atoms with van der Waals surface area (Å²) in [6.07, 6.45) is 2.47. The van der Waals surface area contributed by atoms with E-state index in [-0.39, 0.29) is 0 Å². The molecule has 1 aromatic carbocycles. The van der Waals surface area contributed by atoms with E-state index >= 15 is 0 Å². The zero-order valence-electron chi connectivity index (χ0n) is 13.0. The molecule has 2 nitrogen and oxygen atoms in total. The number of thiophene rings is 1. The van der Waals surface area contributed by atoms with Gasteiger partial charge in [-0.2, -0.15) is 0 Å². The summed E-state index contributed by atoms with van der Waals surface area (Å²) in [6, 6.07) is 9.18. The summed E-state index contributed by atoms with van der Waals surface area (Å²) in [5.74, 6) is 1.06. The van der Waals surface area contributed by atoms with Crippen molar-refractivity contribution in [3.05, 3.63) is 51.2 Å². The van der Waals surface area contributed by atoms with Crippen molar-refractivity contribution in [2.45, 2.75) is 45.8 Å². The highest BCUT2D eigenvalue weighted by molar-refractivity contribution is 7.10. The molecule has 0 saturated carbocycles. The minimum absolute atomic E-state index is 0.297. The smallest absolute Gasteiger partial charge is 0.123 e. The third-order valence-corrected chi connectivity index (χ3v) is 5.10. The Bertz CT molecular complexity index is 619. The standard InChI is InChI=1S/C18H23NOS/c1-4-8-19-17(18-12(2)7-9-21-18)14-5-6-16-15(11-14)10-13(3)20-16/h5-7,9,11,13,17,19H,4,8,10H2,1-3H3. The van der Waals surface area contributed by atoms with E-state index in [1.165, 1.54) is 21.6 Å². The van der Waals surface area contributed by atoms with Gasteiger partial charge in [-0.25, -0.2) is 0 Å². The topological polar surface area (TPSA) is 21.3 Å². The first-order chi connectivity index (χ1) is 10.2. The van der Waals surface area contributed by atoms with E-state index in [1.807, 2.05) is 11.3 Å². The van der Waals surface area contributed by atoms with Crippen LogP contribution in [0.3, 0.4) is 0 Å². The highest BCUT2D eigenvalue weighted by Gasteiger charge is 2.22. The number of nitrogens with one attached hydrogen (secondary N) is 1. The molecule has 112 valence electrons. The van der Waals surface area contributed by atoms with Crippen LogP contribution in [0.25, 0.3) is 0 Å². The predicted octanol–water partition coefficient (Wildman–Crippen LogP) is 4.47. The number of hydrogen-bond acceptors (Lipinski definition) is 3. The largest absolute Gasteiger partial charge is 0.490 e. The molecule has 3 heteroatoms. The molecule has 1 aromatic heterocycles. The molecule has 1 aliphatic rings. The van der Waals surface area contributed by atoms with Gasteiger partial charge in [-0.3, -0.25) is 0 Å². The van der Waals surface area contributed by atoms with Gasteiger partial charge in [0.15, 0.2) is 0 Å². The number of hydrogen-bond donors (Lipinski definition) is 1. The number of benzene rings is 1. The number of rotatable bonds is 5. The van der Waals surface area contributed by atoms with Crippen molar-refractivity contribution < 1.29 is 4.74 Å². The summed E-state index contributed by atoms with van der Waals surface area (Å²) >= 11 is 1.84. The summed E-state index contributed by atoms with van der Waals surface area (Å²) in [6.45, 7) is 7.58. The maximum absolute atomic E-state index is 5.82. The van der Waals surface area contributed by atoms with Crippen LogP contribution >= 0.6 is 11.3 Å². The van der Waals surface area contributed by atoms with Gasteiger partial charge in [0.1, 0.15) is 11.9 Å². The van der Waals surface area contributed by atoms with Crippen LogP contribution in [0.2, 0.25) is 0 Å². The van der Waals surface area contributed by atoms with Gasteiger partial charge >= 0.3 is 0 Å². The Morgan fingerprint density at radius 1 is 1.38 bits per heavy atom. The van der Waals surface area contributed by atoms with Crippen molar-refractivity contribution in [1.82, 2.24) is 5.32 Å². The lowest BCUT2D eigenvalue weighted by Crippen LogP contribution is -2.23. The number of fused-ring (bicyclic) bond motifs is 1. The molecule has 2 heterocycles. The van der Waals surface area contributed by atoms with Crippen molar-refractivity contribution in [2.24, 2.45) is 0 Å². The van der Waals surface area contributed by atoms with E-state index in [0.717, 1.165) is 25.1 Å². The summed E-state index contributed by atoms with van der Waals surface area (Å²) in [5.41, 5.74) is 4.07.